The molecule has 2 heterocycles. The van der Waals surface area contributed by atoms with Crippen molar-refractivity contribution < 1.29 is 19.1 Å². The lowest BCUT2D eigenvalue weighted by atomic mass is 9.77. The Kier molecular flexibility index (Phi) is 8.55. The third kappa shape index (κ3) is 6.46. The van der Waals surface area contributed by atoms with Gasteiger partial charge in [0.25, 0.3) is 0 Å². The molecule has 30 heavy (non-hydrogen) atoms. The molecule has 1 atom stereocenters. The van der Waals surface area contributed by atoms with E-state index in [1.807, 2.05) is 40.1 Å². The lowest BCUT2D eigenvalue weighted by Crippen LogP contribution is -2.52. The lowest BCUT2D eigenvalue weighted by molar-refractivity contribution is -0.143. The van der Waals surface area contributed by atoms with Crippen LogP contribution in [0.5, 0.6) is 5.75 Å². The first kappa shape index (κ1) is 22.6. The second-order valence-corrected chi connectivity index (χ2v) is 8.65. The monoisotopic (exact) mass is 416 g/mol. The van der Waals surface area contributed by atoms with Gasteiger partial charge in [-0.3, -0.25) is 9.59 Å². The Morgan fingerprint density at radius 2 is 1.80 bits per heavy atom. The number of rotatable bonds is 9. The van der Waals surface area contributed by atoms with Gasteiger partial charge in [0.15, 0.2) is 0 Å². The summed E-state index contributed by atoms with van der Waals surface area (Å²) in [6.45, 7) is 6.47. The highest BCUT2D eigenvalue weighted by atomic mass is 16.5. The molecule has 1 unspecified atom stereocenters. The average Bonchev–Trinajstić information content (AvgIpc) is 2.79. The molecule has 2 saturated heterocycles. The number of hydrogen-bond acceptors (Lipinski definition) is 4. The Bertz CT molecular complexity index is 675. The number of benzene rings is 1. The molecule has 2 aliphatic rings. The normalized spacial score (nSPS) is 22.0. The Hall–Kier alpha value is -2.08. The highest BCUT2D eigenvalue weighted by Gasteiger charge is 2.40. The zero-order chi connectivity index (χ0) is 21.2. The molecule has 0 aliphatic carbocycles. The molecule has 0 aromatic heterocycles. The van der Waals surface area contributed by atoms with Crippen molar-refractivity contribution in [3.63, 3.8) is 0 Å². The van der Waals surface area contributed by atoms with E-state index in [1.54, 1.807) is 0 Å². The Balaban J connectivity index is 1.68. The molecule has 166 valence electrons. The maximum atomic E-state index is 13.1. The molecule has 0 spiro atoms. The number of para-hydroxylation sites is 1. The molecular formula is C24H36N2O4. The van der Waals surface area contributed by atoms with Crippen molar-refractivity contribution in [2.45, 2.75) is 51.9 Å². The minimum Gasteiger partial charge on any atom is -0.493 e. The molecule has 6 nitrogen and oxygen atoms in total. The van der Waals surface area contributed by atoms with Crippen LogP contribution in [-0.4, -0.2) is 67.6 Å². The zero-order valence-electron chi connectivity index (χ0n) is 18.3. The van der Waals surface area contributed by atoms with Crippen LogP contribution in [0.2, 0.25) is 0 Å². The van der Waals surface area contributed by atoms with Gasteiger partial charge < -0.3 is 19.3 Å². The van der Waals surface area contributed by atoms with E-state index in [9.17, 15) is 9.59 Å². The van der Waals surface area contributed by atoms with Crippen molar-refractivity contribution in [1.29, 1.82) is 0 Å². The van der Waals surface area contributed by atoms with Gasteiger partial charge in [0, 0.05) is 44.4 Å². The number of likely N-dealkylation sites (tertiary alicyclic amines) is 1. The van der Waals surface area contributed by atoms with E-state index in [0.29, 0.717) is 52.3 Å². The van der Waals surface area contributed by atoms with Gasteiger partial charge in [0.2, 0.25) is 11.8 Å². The van der Waals surface area contributed by atoms with E-state index in [2.05, 4.69) is 6.92 Å². The maximum absolute atomic E-state index is 13.1. The molecule has 0 bridgehead atoms. The predicted octanol–water partition coefficient (Wildman–Crippen LogP) is 3.50. The van der Waals surface area contributed by atoms with Crippen LogP contribution in [0.25, 0.3) is 0 Å². The van der Waals surface area contributed by atoms with Gasteiger partial charge in [-0.1, -0.05) is 38.0 Å². The van der Waals surface area contributed by atoms with Gasteiger partial charge in [0.1, 0.15) is 5.75 Å². The summed E-state index contributed by atoms with van der Waals surface area (Å²) in [7, 11) is 0. The summed E-state index contributed by atoms with van der Waals surface area (Å²) < 4.78 is 11.5. The van der Waals surface area contributed by atoms with E-state index in [-0.39, 0.29) is 17.2 Å². The van der Waals surface area contributed by atoms with Gasteiger partial charge >= 0.3 is 0 Å². The highest BCUT2D eigenvalue weighted by molar-refractivity contribution is 5.78. The number of amides is 2. The number of unbranched alkanes of at least 4 members (excludes halogenated alkanes) is 2. The van der Waals surface area contributed by atoms with Gasteiger partial charge in [-0.25, -0.2) is 0 Å². The fraction of sp³-hybridized carbons (Fsp3) is 0.667. The molecule has 1 aromatic rings. The van der Waals surface area contributed by atoms with E-state index in [4.69, 9.17) is 9.47 Å². The van der Waals surface area contributed by atoms with E-state index < -0.39 is 0 Å². The maximum Gasteiger partial charge on any atom is 0.223 e. The molecule has 1 aromatic carbocycles. The molecule has 3 rings (SSSR count). The van der Waals surface area contributed by atoms with Crippen molar-refractivity contribution in [2.75, 3.05) is 46.0 Å². The van der Waals surface area contributed by atoms with Crippen molar-refractivity contribution in [1.82, 2.24) is 9.80 Å². The second kappa shape index (κ2) is 11.3. The molecule has 2 amide bonds. The molecule has 6 heteroatoms. The third-order valence-corrected chi connectivity index (χ3v) is 6.19. The van der Waals surface area contributed by atoms with Gasteiger partial charge in [0.05, 0.1) is 19.8 Å². The summed E-state index contributed by atoms with van der Waals surface area (Å²) in [5.74, 6) is 1.17. The van der Waals surface area contributed by atoms with Crippen molar-refractivity contribution >= 4 is 11.8 Å². The van der Waals surface area contributed by atoms with Crippen LogP contribution in [0.1, 0.15) is 51.9 Å². The largest absolute Gasteiger partial charge is 0.493 e. The SMILES string of the molecule is CCCCCC(=O)N1CCCC(COc2ccccc2)(CC(=O)N2CCOCC2)C1. The van der Waals surface area contributed by atoms with Crippen LogP contribution in [0.3, 0.4) is 0 Å². The van der Waals surface area contributed by atoms with Crippen molar-refractivity contribution in [3.8, 4) is 5.75 Å². The molecule has 2 fully saturated rings. The summed E-state index contributed by atoms with van der Waals surface area (Å²) in [5, 5.41) is 0. The average molecular weight is 417 g/mol. The van der Waals surface area contributed by atoms with Crippen LogP contribution < -0.4 is 4.74 Å². The fourth-order valence-electron chi connectivity index (χ4n) is 4.42. The fourth-order valence-corrected chi connectivity index (χ4v) is 4.42. The first-order chi connectivity index (χ1) is 14.6. The molecule has 0 saturated carbocycles. The second-order valence-electron chi connectivity index (χ2n) is 8.65. The minimum absolute atomic E-state index is 0.148. The van der Waals surface area contributed by atoms with Crippen LogP contribution in [0.15, 0.2) is 30.3 Å². The molecule has 0 radical (unpaired) electrons. The van der Waals surface area contributed by atoms with Crippen molar-refractivity contribution in [2.24, 2.45) is 5.41 Å². The first-order valence-corrected chi connectivity index (χ1v) is 11.4. The highest BCUT2D eigenvalue weighted by Crippen LogP contribution is 2.35. The summed E-state index contributed by atoms with van der Waals surface area (Å²) in [6, 6.07) is 9.74. The Labute approximate surface area is 180 Å². The number of carbonyl (C=O) groups excluding carboxylic acids is 2. The zero-order valence-corrected chi connectivity index (χ0v) is 18.3. The van der Waals surface area contributed by atoms with Crippen LogP contribution >= 0.6 is 0 Å². The lowest BCUT2D eigenvalue weighted by Gasteiger charge is -2.43. The van der Waals surface area contributed by atoms with Crippen LogP contribution in [-0.2, 0) is 14.3 Å². The van der Waals surface area contributed by atoms with E-state index >= 15 is 0 Å². The topological polar surface area (TPSA) is 59.1 Å². The molecule has 0 N–H and O–H groups in total. The minimum atomic E-state index is -0.343. The number of morpholine rings is 1. The Morgan fingerprint density at radius 3 is 2.53 bits per heavy atom. The summed E-state index contributed by atoms with van der Waals surface area (Å²) in [6.07, 6.45) is 5.95. The van der Waals surface area contributed by atoms with E-state index in [1.165, 1.54) is 0 Å². The quantitative estimate of drug-likeness (QED) is 0.578. The van der Waals surface area contributed by atoms with Gasteiger partial charge in [-0.15, -0.1) is 0 Å². The third-order valence-electron chi connectivity index (χ3n) is 6.19. The number of ether oxygens (including phenoxy) is 2. The molecule has 2 aliphatic heterocycles. The summed E-state index contributed by atoms with van der Waals surface area (Å²) in [4.78, 5) is 29.7. The summed E-state index contributed by atoms with van der Waals surface area (Å²) >= 11 is 0. The number of piperidine rings is 1. The predicted molar refractivity (Wildman–Crippen MR) is 116 cm³/mol. The first-order valence-electron chi connectivity index (χ1n) is 11.4. The van der Waals surface area contributed by atoms with E-state index in [0.717, 1.165) is 44.4 Å². The molecular weight excluding hydrogens is 380 g/mol. The van der Waals surface area contributed by atoms with Gasteiger partial charge in [-0.2, -0.15) is 0 Å². The van der Waals surface area contributed by atoms with Crippen LogP contribution in [0.4, 0.5) is 0 Å². The van der Waals surface area contributed by atoms with Gasteiger partial charge in [-0.05, 0) is 31.4 Å². The van der Waals surface area contributed by atoms with Crippen LogP contribution in [0, 0.1) is 5.41 Å². The summed E-state index contributed by atoms with van der Waals surface area (Å²) in [5.41, 5.74) is -0.343. The number of carbonyl (C=O) groups is 2. The number of hydrogen-bond donors (Lipinski definition) is 0. The number of nitrogens with zero attached hydrogens (tertiary/aromatic N) is 2. The Morgan fingerprint density at radius 1 is 1.03 bits per heavy atom. The van der Waals surface area contributed by atoms with Crippen molar-refractivity contribution in [3.05, 3.63) is 30.3 Å². The standard InChI is InChI=1S/C24H36N2O4/c1-2-3-5-11-22(27)26-13-8-12-24(19-26,20-30-21-9-6-4-7-10-21)18-23(28)25-14-16-29-17-15-25/h4,6-7,9-10H,2-3,5,8,11-20H2,1H3. The smallest absolute Gasteiger partial charge is 0.223 e.